The molecule has 0 aromatic heterocycles. The van der Waals surface area contributed by atoms with Crippen LogP contribution in [0.15, 0.2) is 24.3 Å². The smallest absolute Gasteiger partial charge is 0.315 e. The van der Waals surface area contributed by atoms with Crippen molar-refractivity contribution in [2.24, 2.45) is 0 Å². The van der Waals surface area contributed by atoms with Crippen LogP contribution < -0.4 is 20.3 Å². The zero-order valence-corrected chi connectivity index (χ0v) is 17.4. The Morgan fingerprint density at radius 1 is 1.25 bits per heavy atom. The van der Waals surface area contributed by atoms with Gasteiger partial charge in [0.15, 0.2) is 0 Å². The van der Waals surface area contributed by atoms with Gasteiger partial charge in [0.25, 0.3) is 0 Å². The van der Waals surface area contributed by atoms with Gasteiger partial charge in [0.1, 0.15) is 5.75 Å². The number of carbonyl (C=O) groups is 2. The molecule has 7 nitrogen and oxygen atoms in total. The third-order valence-electron chi connectivity index (χ3n) is 4.84. The molecule has 1 saturated heterocycles. The highest BCUT2D eigenvalue weighted by molar-refractivity contribution is 5.97. The fourth-order valence-electron chi connectivity index (χ4n) is 3.54. The van der Waals surface area contributed by atoms with Gasteiger partial charge in [-0.05, 0) is 51.0 Å². The molecule has 0 spiro atoms. The Hall–Kier alpha value is -2.28. The molecule has 2 rings (SSSR count). The molecule has 0 aliphatic carbocycles. The number of anilines is 1. The van der Waals surface area contributed by atoms with Gasteiger partial charge in [-0.2, -0.15) is 0 Å². The van der Waals surface area contributed by atoms with Gasteiger partial charge in [-0.1, -0.05) is 19.9 Å². The van der Waals surface area contributed by atoms with Crippen molar-refractivity contribution in [2.75, 3.05) is 44.7 Å². The average molecular weight is 391 g/mol. The number of nitrogens with one attached hydrogen (secondary N) is 2. The van der Waals surface area contributed by atoms with Crippen molar-refractivity contribution in [3.63, 3.8) is 0 Å². The minimum absolute atomic E-state index is 0.00771. The molecule has 1 heterocycles. The average Bonchev–Trinajstić information content (AvgIpc) is 3.05. The van der Waals surface area contributed by atoms with Crippen LogP contribution in [0.3, 0.4) is 0 Å². The van der Waals surface area contributed by atoms with Crippen LogP contribution in [0.5, 0.6) is 5.75 Å². The van der Waals surface area contributed by atoms with Gasteiger partial charge in [0, 0.05) is 31.3 Å². The lowest BCUT2D eigenvalue weighted by atomic mass is 10.2. The first-order valence-electron chi connectivity index (χ1n) is 10.3. The van der Waals surface area contributed by atoms with Crippen molar-refractivity contribution in [3.05, 3.63) is 24.3 Å². The van der Waals surface area contributed by atoms with E-state index in [4.69, 9.17) is 4.74 Å². The summed E-state index contributed by atoms with van der Waals surface area (Å²) in [6.45, 7) is 8.68. The minimum atomic E-state index is -0.206. The van der Waals surface area contributed by atoms with E-state index in [1.165, 1.54) is 0 Å². The molecule has 1 fully saturated rings. The van der Waals surface area contributed by atoms with Crippen LogP contribution in [-0.2, 0) is 4.79 Å². The predicted octanol–water partition coefficient (Wildman–Crippen LogP) is 2.61. The van der Waals surface area contributed by atoms with E-state index in [0.717, 1.165) is 44.6 Å². The fraction of sp³-hybridized carbons (Fsp3) is 0.619. The number of ether oxygens (including phenoxy) is 1. The van der Waals surface area contributed by atoms with Crippen LogP contribution in [0.4, 0.5) is 10.5 Å². The van der Waals surface area contributed by atoms with Gasteiger partial charge >= 0.3 is 6.03 Å². The number of urea groups is 1. The molecule has 1 aromatic carbocycles. The molecule has 0 radical (unpaired) electrons. The number of carbonyl (C=O) groups excluding carboxylic acids is 2. The molecule has 1 aliphatic rings. The Kier molecular flexibility index (Phi) is 9.07. The summed E-state index contributed by atoms with van der Waals surface area (Å²) < 4.78 is 5.22. The molecule has 156 valence electrons. The number of benzene rings is 1. The van der Waals surface area contributed by atoms with Crippen LogP contribution in [0.2, 0.25) is 0 Å². The third-order valence-corrected chi connectivity index (χ3v) is 4.84. The van der Waals surface area contributed by atoms with E-state index in [2.05, 4.69) is 29.4 Å². The molecule has 0 saturated carbocycles. The maximum absolute atomic E-state index is 12.3. The second-order valence-corrected chi connectivity index (χ2v) is 7.20. The monoisotopic (exact) mass is 390 g/mol. The Labute approximate surface area is 168 Å². The highest BCUT2D eigenvalue weighted by Crippen LogP contribution is 2.25. The Morgan fingerprint density at radius 3 is 2.68 bits per heavy atom. The SMILES string of the molecule is CCCN(CCC)CCCNC(=O)N[C@H]1CC(=O)N(c2cccc(OC)c2)C1. The van der Waals surface area contributed by atoms with E-state index in [1.807, 2.05) is 24.3 Å². The van der Waals surface area contributed by atoms with E-state index in [-0.39, 0.29) is 18.0 Å². The number of amides is 3. The van der Waals surface area contributed by atoms with Crippen LogP contribution in [0.1, 0.15) is 39.5 Å². The van der Waals surface area contributed by atoms with Crippen molar-refractivity contribution in [1.82, 2.24) is 15.5 Å². The normalized spacial score (nSPS) is 16.5. The Balaban J connectivity index is 1.73. The summed E-state index contributed by atoms with van der Waals surface area (Å²) in [5.74, 6) is 0.716. The fourth-order valence-corrected chi connectivity index (χ4v) is 3.54. The predicted molar refractivity (Wildman–Crippen MR) is 112 cm³/mol. The summed E-state index contributed by atoms with van der Waals surface area (Å²) >= 11 is 0. The lowest BCUT2D eigenvalue weighted by Crippen LogP contribution is -2.44. The molecule has 1 aromatic rings. The second-order valence-electron chi connectivity index (χ2n) is 7.20. The lowest BCUT2D eigenvalue weighted by Gasteiger charge is -2.21. The molecular formula is C21H34N4O3. The quantitative estimate of drug-likeness (QED) is 0.570. The van der Waals surface area contributed by atoms with E-state index in [9.17, 15) is 9.59 Å². The van der Waals surface area contributed by atoms with Crippen molar-refractivity contribution < 1.29 is 14.3 Å². The Bertz CT molecular complexity index is 632. The summed E-state index contributed by atoms with van der Waals surface area (Å²) in [5.41, 5.74) is 0.793. The van der Waals surface area contributed by atoms with E-state index in [0.29, 0.717) is 25.3 Å². The zero-order valence-electron chi connectivity index (χ0n) is 17.4. The maximum Gasteiger partial charge on any atom is 0.315 e. The van der Waals surface area contributed by atoms with Gasteiger partial charge < -0.3 is 25.2 Å². The largest absolute Gasteiger partial charge is 0.497 e. The second kappa shape index (κ2) is 11.5. The van der Waals surface area contributed by atoms with Gasteiger partial charge in [0.05, 0.1) is 13.2 Å². The Morgan fingerprint density at radius 2 is 2.00 bits per heavy atom. The summed E-state index contributed by atoms with van der Waals surface area (Å²) in [4.78, 5) is 28.6. The number of hydrogen-bond donors (Lipinski definition) is 2. The molecule has 1 aliphatic heterocycles. The first-order valence-corrected chi connectivity index (χ1v) is 10.3. The van der Waals surface area contributed by atoms with E-state index in [1.54, 1.807) is 12.0 Å². The molecule has 0 unspecified atom stereocenters. The molecule has 1 atom stereocenters. The molecule has 7 heteroatoms. The summed E-state index contributed by atoms with van der Waals surface area (Å²) in [6.07, 6.45) is 3.53. The molecule has 28 heavy (non-hydrogen) atoms. The van der Waals surface area contributed by atoms with Crippen LogP contribution in [0.25, 0.3) is 0 Å². The van der Waals surface area contributed by atoms with Crippen LogP contribution in [-0.4, -0.2) is 62.7 Å². The highest BCUT2D eigenvalue weighted by atomic mass is 16.5. The molecule has 2 N–H and O–H groups in total. The van der Waals surface area contributed by atoms with Crippen LogP contribution in [0, 0.1) is 0 Å². The molecular weight excluding hydrogens is 356 g/mol. The number of hydrogen-bond acceptors (Lipinski definition) is 4. The first-order chi connectivity index (χ1) is 13.6. The van der Waals surface area contributed by atoms with Gasteiger partial charge in [-0.25, -0.2) is 4.79 Å². The standard InChI is InChI=1S/C21H34N4O3/c1-4-11-24(12-5-2)13-7-10-22-21(27)23-17-14-20(26)25(16-17)18-8-6-9-19(15-18)28-3/h6,8-9,15,17H,4-5,7,10-14,16H2,1-3H3,(H2,22,23,27)/t17-/m0/s1. The summed E-state index contributed by atoms with van der Waals surface area (Å²) in [6, 6.07) is 7.02. The minimum Gasteiger partial charge on any atom is -0.497 e. The summed E-state index contributed by atoms with van der Waals surface area (Å²) in [7, 11) is 1.60. The van der Waals surface area contributed by atoms with Crippen LogP contribution >= 0.6 is 0 Å². The van der Waals surface area contributed by atoms with E-state index < -0.39 is 0 Å². The van der Waals surface area contributed by atoms with Gasteiger partial charge in [-0.3, -0.25) is 4.79 Å². The zero-order chi connectivity index (χ0) is 20.4. The molecule has 0 bridgehead atoms. The van der Waals surface area contributed by atoms with Crippen molar-refractivity contribution >= 4 is 17.6 Å². The topological polar surface area (TPSA) is 73.9 Å². The first kappa shape index (κ1) is 22.0. The molecule has 3 amide bonds. The van der Waals surface area contributed by atoms with Crippen molar-refractivity contribution in [3.8, 4) is 5.75 Å². The van der Waals surface area contributed by atoms with Gasteiger partial charge in [-0.15, -0.1) is 0 Å². The third kappa shape index (κ3) is 6.71. The van der Waals surface area contributed by atoms with E-state index >= 15 is 0 Å². The van der Waals surface area contributed by atoms with Crippen molar-refractivity contribution in [1.29, 1.82) is 0 Å². The van der Waals surface area contributed by atoms with Gasteiger partial charge in [0.2, 0.25) is 5.91 Å². The highest BCUT2D eigenvalue weighted by Gasteiger charge is 2.31. The number of nitrogens with zero attached hydrogens (tertiary/aromatic N) is 2. The van der Waals surface area contributed by atoms with Crippen molar-refractivity contribution in [2.45, 2.75) is 45.6 Å². The summed E-state index contributed by atoms with van der Waals surface area (Å²) in [5, 5.41) is 5.83. The number of methoxy groups -OCH3 is 1. The lowest BCUT2D eigenvalue weighted by molar-refractivity contribution is -0.117. The number of rotatable bonds is 11. The maximum atomic E-state index is 12.3.